The lowest BCUT2D eigenvalue weighted by molar-refractivity contribution is -0.132. The van der Waals surface area contributed by atoms with Gasteiger partial charge in [-0.2, -0.15) is 0 Å². The number of rotatable bonds is 6. The van der Waals surface area contributed by atoms with Crippen molar-refractivity contribution in [1.29, 1.82) is 0 Å². The first-order chi connectivity index (χ1) is 19.0. The fourth-order valence-electron chi connectivity index (χ4n) is 5.77. The van der Waals surface area contributed by atoms with Crippen LogP contribution in [0.4, 0.5) is 4.79 Å². The van der Waals surface area contributed by atoms with Gasteiger partial charge in [0.25, 0.3) is 0 Å². The normalized spacial score (nSPS) is 22.5. The molecule has 2 atom stereocenters. The van der Waals surface area contributed by atoms with Crippen molar-refractivity contribution in [1.82, 2.24) is 30.0 Å². The molecule has 2 aromatic carbocycles. The number of benzene rings is 2. The molecule has 3 aliphatic rings. The van der Waals surface area contributed by atoms with E-state index in [0.717, 1.165) is 36.2 Å². The van der Waals surface area contributed by atoms with Gasteiger partial charge in [0, 0.05) is 51.0 Å². The maximum absolute atomic E-state index is 13.5. The molecular formula is C30H36N6O3. The molecule has 3 heterocycles. The van der Waals surface area contributed by atoms with Crippen LogP contribution in [0.5, 0.6) is 0 Å². The Morgan fingerprint density at radius 2 is 1.62 bits per heavy atom. The minimum atomic E-state index is -0.608. The van der Waals surface area contributed by atoms with Crippen LogP contribution in [0, 0.1) is 5.92 Å². The van der Waals surface area contributed by atoms with E-state index in [0.29, 0.717) is 44.9 Å². The van der Waals surface area contributed by atoms with Crippen molar-refractivity contribution in [3.8, 4) is 11.3 Å². The number of urea groups is 1. The van der Waals surface area contributed by atoms with Gasteiger partial charge in [-0.05, 0) is 42.7 Å². The molecule has 9 nitrogen and oxygen atoms in total. The second-order valence-corrected chi connectivity index (χ2v) is 11.0. The second kappa shape index (κ2) is 11.1. The van der Waals surface area contributed by atoms with Gasteiger partial charge in [-0.1, -0.05) is 60.7 Å². The molecule has 39 heavy (non-hydrogen) atoms. The standard InChI is InChI=1S/C30H36N6O3/c37-28-25(17-31-26(22-7-3-1-4-8-22)19-35(28)18-21-11-12-21)32-29(38)34-15-13-24(14-16-34)36-20-27(33-30(36)39)23-9-5-2-6-10-23/h1-10,20-21,24-26,31H,11-19H2,(H,32,38)(H,33,39)/t25-,26+/m0/s1. The van der Waals surface area contributed by atoms with Gasteiger partial charge < -0.3 is 25.4 Å². The number of nitrogens with one attached hydrogen (secondary N) is 3. The van der Waals surface area contributed by atoms with E-state index in [9.17, 15) is 14.4 Å². The third-order valence-electron chi connectivity index (χ3n) is 8.23. The lowest BCUT2D eigenvalue weighted by Crippen LogP contribution is -2.55. The van der Waals surface area contributed by atoms with E-state index < -0.39 is 6.04 Å². The highest BCUT2D eigenvalue weighted by atomic mass is 16.2. The van der Waals surface area contributed by atoms with Gasteiger partial charge in [0.2, 0.25) is 5.91 Å². The van der Waals surface area contributed by atoms with Crippen LogP contribution in [0.2, 0.25) is 0 Å². The molecule has 0 radical (unpaired) electrons. The third-order valence-corrected chi connectivity index (χ3v) is 8.23. The number of piperidine rings is 1. The Bertz CT molecular complexity index is 1340. The Morgan fingerprint density at radius 1 is 0.923 bits per heavy atom. The maximum atomic E-state index is 13.5. The number of amides is 3. The van der Waals surface area contributed by atoms with E-state index in [2.05, 4.69) is 27.8 Å². The largest absolute Gasteiger partial charge is 0.339 e. The highest BCUT2D eigenvalue weighted by Crippen LogP contribution is 2.31. The van der Waals surface area contributed by atoms with Crippen LogP contribution < -0.4 is 16.3 Å². The van der Waals surface area contributed by atoms with Crippen LogP contribution in [0.3, 0.4) is 0 Å². The fourth-order valence-corrected chi connectivity index (χ4v) is 5.77. The predicted octanol–water partition coefficient (Wildman–Crippen LogP) is 3.14. The summed E-state index contributed by atoms with van der Waals surface area (Å²) in [6, 6.07) is 19.2. The summed E-state index contributed by atoms with van der Waals surface area (Å²) in [5.74, 6) is 0.557. The SMILES string of the molecule is O=C(N[C@H]1CN[C@@H](c2ccccc2)CN(CC2CC2)C1=O)N1CCC(n2cc(-c3ccccc3)[nH]c2=O)CC1. The lowest BCUT2D eigenvalue weighted by Gasteiger charge is -2.33. The Balaban J connectivity index is 1.08. The van der Waals surface area contributed by atoms with E-state index in [1.54, 1.807) is 9.47 Å². The average Bonchev–Trinajstić information content (AvgIpc) is 3.74. The molecule has 1 saturated carbocycles. The molecule has 3 amide bonds. The number of nitrogens with zero attached hydrogens (tertiary/aromatic N) is 3. The molecule has 1 aliphatic carbocycles. The molecule has 0 unspecified atom stereocenters. The maximum Gasteiger partial charge on any atom is 0.326 e. The van der Waals surface area contributed by atoms with Crippen LogP contribution in [-0.2, 0) is 4.79 Å². The molecule has 6 rings (SSSR count). The molecule has 0 spiro atoms. The predicted molar refractivity (Wildman–Crippen MR) is 149 cm³/mol. The Hall–Kier alpha value is -3.85. The molecule has 204 valence electrons. The number of hydrogen-bond acceptors (Lipinski definition) is 4. The zero-order valence-electron chi connectivity index (χ0n) is 22.1. The number of aromatic nitrogens is 2. The number of carbonyl (C=O) groups excluding carboxylic acids is 2. The van der Waals surface area contributed by atoms with Gasteiger partial charge in [-0.3, -0.25) is 9.36 Å². The summed E-state index contributed by atoms with van der Waals surface area (Å²) in [6.45, 7) is 2.80. The van der Waals surface area contributed by atoms with Crippen LogP contribution >= 0.6 is 0 Å². The lowest BCUT2D eigenvalue weighted by atomic mass is 10.1. The van der Waals surface area contributed by atoms with Crippen molar-refractivity contribution in [3.05, 3.63) is 82.9 Å². The van der Waals surface area contributed by atoms with E-state index in [4.69, 9.17) is 0 Å². The number of aromatic amines is 1. The summed E-state index contributed by atoms with van der Waals surface area (Å²) in [5, 5.41) is 6.55. The van der Waals surface area contributed by atoms with Crippen molar-refractivity contribution >= 4 is 11.9 Å². The zero-order valence-corrected chi connectivity index (χ0v) is 22.1. The van der Waals surface area contributed by atoms with Crippen molar-refractivity contribution < 1.29 is 9.59 Å². The first-order valence-corrected chi connectivity index (χ1v) is 14.0. The number of H-pyrrole nitrogens is 1. The summed E-state index contributed by atoms with van der Waals surface area (Å²) in [6.07, 6.45) is 5.57. The van der Waals surface area contributed by atoms with Crippen molar-refractivity contribution in [2.45, 2.75) is 43.8 Å². The number of carbonyl (C=O) groups is 2. The number of imidazole rings is 1. The summed E-state index contributed by atoms with van der Waals surface area (Å²) < 4.78 is 1.76. The molecule has 9 heteroatoms. The first kappa shape index (κ1) is 25.4. The van der Waals surface area contributed by atoms with Gasteiger partial charge in [-0.15, -0.1) is 0 Å². The highest BCUT2D eigenvalue weighted by Gasteiger charge is 2.36. The van der Waals surface area contributed by atoms with Gasteiger partial charge in [0.05, 0.1) is 5.69 Å². The Labute approximate surface area is 228 Å². The minimum Gasteiger partial charge on any atom is -0.339 e. The number of hydrogen-bond donors (Lipinski definition) is 3. The minimum absolute atomic E-state index is 0.0108. The van der Waals surface area contributed by atoms with Crippen LogP contribution in [0.25, 0.3) is 11.3 Å². The molecular weight excluding hydrogens is 492 g/mol. The summed E-state index contributed by atoms with van der Waals surface area (Å²) in [4.78, 5) is 46.1. The van der Waals surface area contributed by atoms with Crippen molar-refractivity contribution in [3.63, 3.8) is 0 Å². The molecule has 1 aromatic heterocycles. The van der Waals surface area contributed by atoms with Gasteiger partial charge in [0.15, 0.2) is 0 Å². The summed E-state index contributed by atoms with van der Waals surface area (Å²) in [5.41, 5.74) is 2.79. The fraction of sp³-hybridized carbons (Fsp3) is 0.433. The van der Waals surface area contributed by atoms with Gasteiger partial charge in [-0.25, -0.2) is 9.59 Å². The van der Waals surface area contributed by atoms with E-state index >= 15 is 0 Å². The van der Waals surface area contributed by atoms with Crippen LogP contribution in [-0.4, -0.2) is 70.1 Å². The highest BCUT2D eigenvalue weighted by molar-refractivity contribution is 5.87. The number of likely N-dealkylation sites (tertiary alicyclic amines) is 1. The van der Waals surface area contributed by atoms with Gasteiger partial charge >= 0.3 is 11.7 Å². The molecule has 3 fully saturated rings. The van der Waals surface area contributed by atoms with Crippen molar-refractivity contribution in [2.75, 3.05) is 32.7 Å². The van der Waals surface area contributed by atoms with E-state index in [-0.39, 0.29) is 29.7 Å². The van der Waals surface area contributed by atoms with Crippen molar-refractivity contribution in [2.24, 2.45) is 5.92 Å². The van der Waals surface area contributed by atoms with Gasteiger partial charge in [0.1, 0.15) is 6.04 Å². The average molecular weight is 529 g/mol. The molecule has 0 bridgehead atoms. The van der Waals surface area contributed by atoms with Crippen LogP contribution in [0.1, 0.15) is 43.3 Å². The molecule has 2 saturated heterocycles. The van der Waals surface area contributed by atoms with E-state index in [1.165, 1.54) is 0 Å². The topological polar surface area (TPSA) is 102 Å². The quantitative estimate of drug-likeness (QED) is 0.458. The zero-order chi connectivity index (χ0) is 26.8. The summed E-state index contributed by atoms with van der Waals surface area (Å²) in [7, 11) is 0. The molecule has 3 aromatic rings. The smallest absolute Gasteiger partial charge is 0.326 e. The first-order valence-electron chi connectivity index (χ1n) is 14.0. The Morgan fingerprint density at radius 3 is 2.31 bits per heavy atom. The van der Waals surface area contributed by atoms with E-state index in [1.807, 2.05) is 59.6 Å². The second-order valence-electron chi connectivity index (χ2n) is 11.0. The summed E-state index contributed by atoms with van der Waals surface area (Å²) >= 11 is 0. The van der Waals surface area contributed by atoms with Crippen LogP contribution in [0.15, 0.2) is 71.7 Å². The monoisotopic (exact) mass is 528 g/mol. The molecule has 2 aliphatic heterocycles. The Kier molecular flexibility index (Phi) is 7.24. The molecule has 3 N–H and O–H groups in total. The third kappa shape index (κ3) is 5.78.